The van der Waals surface area contributed by atoms with Crippen LogP contribution in [0.5, 0.6) is 0 Å². The van der Waals surface area contributed by atoms with Crippen molar-refractivity contribution in [2.45, 2.75) is 25.6 Å². The van der Waals surface area contributed by atoms with Gasteiger partial charge < -0.3 is 14.4 Å². The summed E-state index contributed by atoms with van der Waals surface area (Å²) in [6.07, 6.45) is 3.87. The maximum atomic E-state index is 10.0. The summed E-state index contributed by atoms with van der Waals surface area (Å²) in [6.45, 7) is 2.85. The van der Waals surface area contributed by atoms with Crippen LogP contribution in [-0.4, -0.2) is 27.4 Å². The molecule has 1 aromatic heterocycles. The molecular weight excluding hydrogens is 180 g/mol. The Labute approximate surface area is 83.5 Å². The third-order valence-corrected chi connectivity index (χ3v) is 2.78. The molecule has 1 aromatic rings. The van der Waals surface area contributed by atoms with Crippen molar-refractivity contribution >= 4 is 0 Å². The Kier molecular flexibility index (Phi) is 2.56. The summed E-state index contributed by atoms with van der Waals surface area (Å²) < 4.78 is 7.32. The minimum absolute atomic E-state index is 0.0927. The molecule has 0 radical (unpaired) electrons. The molecule has 0 aromatic carbocycles. The topological polar surface area (TPSA) is 47.3 Å². The highest BCUT2D eigenvalue weighted by Gasteiger charge is 2.32. The highest BCUT2D eigenvalue weighted by molar-refractivity contribution is 5.04. The predicted octanol–water partition coefficient (Wildman–Crippen LogP) is 0.879. The number of hydrogen-bond acceptors (Lipinski definition) is 3. The van der Waals surface area contributed by atoms with Gasteiger partial charge in [0.1, 0.15) is 6.10 Å². The van der Waals surface area contributed by atoms with Crippen LogP contribution in [0.25, 0.3) is 0 Å². The number of ether oxygens (including phenoxy) is 1. The Morgan fingerprint density at radius 3 is 3.00 bits per heavy atom. The summed E-state index contributed by atoms with van der Waals surface area (Å²) in [4.78, 5) is 4.13. The van der Waals surface area contributed by atoms with E-state index in [9.17, 15) is 5.11 Å². The van der Waals surface area contributed by atoms with E-state index in [1.807, 2.05) is 17.8 Å². The van der Waals surface area contributed by atoms with Crippen LogP contribution < -0.4 is 0 Å². The van der Waals surface area contributed by atoms with E-state index < -0.39 is 6.10 Å². The van der Waals surface area contributed by atoms with Gasteiger partial charge in [0, 0.05) is 19.9 Å². The molecule has 1 saturated heterocycles. The van der Waals surface area contributed by atoms with Crippen LogP contribution in [0.4, 0.5) is 0 Å². The molecule has 4 nitrogen and oxygen atoms in total. The SMILES string of the molecule is CC1CCOC1C(O)c1cn(C)cn1. The normalized spacial score (nSPS) is 29.4. The van der Waals surface area contributed by atoms with Gasteiger partial charge in [0.25, 0.3) is 0 Å². The maximum absolute atomic E-state index is 10.0. The van der Waals surface area contributed by atoms with Crippen LogP contribution in [-0.2, 0) is 11.8 Å². The van der Waals surface area contributed by atoms with Crippen molar-refractivity contribution in [3.63, 3.8) is 0 Å². The minimum Gasteiger partial charge on any atom is -0.384 e. The Morgan fingerprint density at radius 1 is 1.71 bits per heavy atom. The summed E-state index contributed by atoms with van der Waals surface area (Å²) in [7, 11) is 1.89. The van der Waals surface area contributed by atoms with E-state index in [1.54, 1.807) is 6.33 Å². The molecule has 2 rings (SSSR count). The molecule has 78 valence electrons. The molecule has 4 heteroatoms. The van der Waals surface area contributed by atoms with Crippen molar-refractivity contribution < 1.29 is 9.84 Å². The lowest BCUT2D eigenvalue weighted by atomic mass is 9.98. The van der Waals surface area contributed by atoms with Gasteiger partial charge in [-0.1, -0.05) is 6.92 Å². The number of nitrogens with zero attached hydrogens (tertiary/aromatic N) is 2. The molecule has 1 N–H and O–H groups in total. The second-order valence-corrected chi connectivity index (χ2v) is 4.01. The van der Waals surface area contributed by atoms with E-state index in [1.165, 1.54) is 0 Å². The number of aliphatic hydroxyl groups is 1. The van der Waals surface area contributed by atoms with Crippen LogP contribution in [0, 0.1) is 5.92 Å². The largest absolute Gasteiger partial charge is 0.384 e. The monoisotopic (exact) mass is 196 g/mol. The number of imidazole rings is 1. The van der Waals surface area contributed by atoms with Gasteiger partial charge in [-0.25, -0.2) is 4.98 Å². The van der Waals surface area contributed by atoms with E-state index in [-0.39, 0.29) is 6.10 Å². The predicted molar refractivity (Wildman–Crippen MR) is 51.7 cm³/mol. The fourth-order valence-corrected chi connectivity index (χ4v) is 1.87. The third kappa shape index (κ3) is 1.67. The highest BCUT2D eigenvalue weighted by atomic mass is 16.5. The molecule has 1 aliphatic rings. The van der Waals surface area contributed by atoms with E-state index in [0.29, 0.717) is 11.6 Å². The zero-order chi connectivity index (χ0) is 10.1. The van der Waals surface area contributed by atoms with Crippen LogP contribution in [0.3, 0.4) is 0 Å². The zero-order valence-electron chi connectivity index (χ0n) is 8.55. The number of aliphatic hydroxyl groups excluding tert-OH is 1. The fraction of sp³-hybridized carbons (Fsp3) is 0.700. The molecule has 1 fully saturated rings. The van der Waals surface area contributed by atoms with E-state index in [2.05, 4.69) is 11.9 Å². The lowest BCUT2D eigenvalue weighted by molar-refractivity contribution is -0.0196. The molecular formula is C10H16N2O2. The number of hydrogen-bond donors (Lipinski definition) is 1. The van der Waals surface area contributed by atoms with Gasteiger partial charge >= 0.3 is 0 Å². The lowest BCUT2D eigenvalue weighted by Crippen LogP contribution is -2.23. The summed E-state index contributed by atoms with van der Waals surface area (Å²) in [6, 6.07) is 0. The van der Waals surface area contributed by atoms with Crippen molar-refractivity contribution in [3.8, 4) is 0 Å². The molecule has 14 heavy (non-hydrogen) atoms. The second kappa shape index (κ2) is 3.71. The Hall–Kier alpha value is -0.870. The Balaban J connectivity index is 2.11. The molecule has 0 bridgehead atoms. The van der Waals surface area contributed by atoms with Gasteiger partial charge in [0.15, 0.2) is 0 Å². The van der Waals surface area contributed by atoms with Crippen LogP contribution >= 0.6 is 0 Å². The average molecular weight is 196 g/mol. The summed E-state index contributed by atoms with van der Waals surface area (Å²) in [5, 5.41) is 10.0. The number of aromatic nitrogens is 2. The van der Waals surface area contributed by atoms with E-state index in [0.717, 1.165) is 13.0 Å². The van der Waals surface area contributed by atoms with Crippen molar-refractivity contribution in [1.29, 1.82) is 0 Å². The number of aryl methyl sites for hydroxylation is 1. The van der Waals surface area contributed by atoms with Gasteiger partial charge in [-0.15, -0.1) is 0 Å². The zero-order valence-corrected chi connectivity index (χ0v) is 8.55. The second-order valence-electron chi connectivity index (χ2n) is 4.01. The van der Waals surface area contributed by atoms with Crippen LogP contribution in [0.1, 0.15) is 25.1 Å². The van der Waals surface area contributed by atoms with Crippen LogP contribution in [0.15, 0.2) is 12.5 Å². The van der Waals surface area contributed by atoms with Gasteiger partial charge in [0.2, 0.25) is 0 Å². The first-order chi connectivity index (χ1) is 6.68. The van der Waals surface area contributed by atoms with E-state index >= 15 is 0 Å². The molecule has 0 spiro atoms. The number of rotatable bonds is 2. The molecule has 1 aliphatic heterocycles. The first-order valence-electron chi connectivity index (χ1n) is 4.96. The van der Waals surface area contributed by atoms with Crippen molar-refractivity contribution in [2.24, 2.45) is 13.0 Å². The molecule has 3 unspecified atom stereocenters. The van der Waals surface area contributed by atoms with Gasteiger partial charge in [-0.2, -0.15) is 0 Å². The standard InChI is InChI=1S/C10H16N2O2/c1-7-3-4-14-10(7)9(13)8-5-12(2)6-11-8/h5-7,9-10,13H,3-4H2,1-2H3. The Bertz CT molecular complexity index is 311. The van der Waals surface area contributed by atoms with Crippen LogP contribution in [0.2, 0.25) is 0 Å². The summed E-state index contributed by atoms with van der Waals surface area (Å²) in [5.74, 6) is 0.409. The molecule has 3 atom stereocenters. The first kappa shape index (κ1) is 9.68. The molecule has 0 saturated carbocycles. The smallest absolute Gasteiger partial charge is 0.124 e. The van der Waals surface area contributed by atoms with Crippen molar-refractivity contribution in [3.05, 3.63) is 18.2 Å². The minimum atomic E-state index is -0.589. The van der Waals surface area contributed by atoms with Gasteiger partial charge in [-0.05, 0) is 12.3 Å². The van der Waals surface area contributed by atoms with E-state index in [4.69, 9.17) is 4.74 Å². The lowest BCUT2D eigenvalue weighted by Gasteiger charge is -2.19. The van der Waals surface area contributed by atoms with Crippen molar-refractivity contribution in [1.82, 2.24) is 9.55 Å². The highest BCUT2D eigenvalue weighted by Crippen LogP contribution is 2.30. The van der Waals surface area contributed by atoms with Gasteiger partial charge in [0.05, 0.1) is 18.1 Å². The van der Waals surface area contributed by atoms with Gasteiger partial charge in [-0.3, -0.25) is 0 Å². The fourth-order valence-electron chi connectivity index (χ4n) is 1.87. The van der Waals surface area contributed by atoms with Crippen molar-refractivity contribution in [2.75, 3.05) is 6.61 Å². The summed E-state index contributed by atoms with van der Waals surface area (Å²) >= 11 is 0. The molecule has 0 amide bonds. The molecule has 0 aliphatic carbocycles. The average Bonchev–Trinajstić information content (AvgIpc) is 2.73. The third-order valence-electron chi connectivity index (χ3n) is 2.78. The Morgan fingerprint density at radius 2 is 2.50 bits per heavy atom. The molecule has 2 heterocycles. The quantitative estimate of drug-likeness (QED) is 0.763. The maximum Gasteiger partial charge on any atom is 0.124 e. The summed E-state index contributed by atoms with van der Waals surface area (Å²) in [5.41, 5.74) is 0.700. The first-order valence-corrected chi connectivity index (χ1v) is 4.96.